The number of carbonyl (C=O) groups is 1. The summed E-state index contributed by atoms with van der Waals surface area (Å²) in [4.78, 5) is 11.8. The highest BCUT2D eigenvalue weighted by Crippen LogP contribution is 2.21. The first-order chi connectivity index (χ1) is 8.05. The molecule has 0 bridgehead atoms. The summed E-state index contributed by atoms with van der Waals surface area (Å²) in [5, 5.41) is 2.97. The molecule has 1 amide bonds. The molecule has 0 aliphatic heterocycles. The molecular formula is C14H20ClNO. The van der Waals surface area contributed by atoms with Crippen molar-refractivity contribution >= 4 is 17.5 Å². The molecule has 1 aromatic carbocycles. The van der Waals surface area contributed by atoms with E-state index in [2.05, 4.69) is 19.2 Å². The van der Waals surface area contributed by atoms with Gasteiger partial charge in [-0.3, -0.25) is 4.79 Å². The topological polar surface area (TPSA) is 29.1 Å². The number of hydrogen-bond donors (Lipinski definition) is 1. The predicted molar refractivity (Wildman–Crippen MR) is 72.5 cm³/mol. The SMILES string of the molecule is CC(C)(CCCCl)CNC(=O)c1ccccc1. The van der Waals surface area contributed by atoms with Gasteiger partial charge in [-0.2, -0.15) is 0 Å². The van der Waals surface area contributed by atoms with Crippen LogP contribution in [0.15, 0.2) is 30.3 Å². The Kier molecular flexibility index (Phi) is 5.49. The van der Waals surface area contributed by atoms with E-state index in [9.17, 15) is 4.79 Å². The number of hydrogen-bond acceptors (Lipinski definition) is 1. The van der Waals surface area contributed by atoms with E-state index in [4.69, 9.17) is 11.6 Å². The van der Waals surface area contributed by atoms with Gasteiger partial charge in [0, 0.05) is 18.0 Å². The van der Waals surface area contributed by atoms with Gasteiger partial charge < -0.3 is 5.32 Å². The minimum atomic E-state index is -0.00968. The lowest BCUT2D eigenvalue weighted by Crippen LogP contribution is -2.34. The molecule has 0 radical (unpaired) electrons. The highest BCUT2D eigenvalue weighted by atomic mass is 35.5. The van der Waals surface area contributed by atoms with Crippen LogP contribution in [0.2, 0.25) is 0 Å². The Hall–Kier alpha value is -1.02. The van der Waals surface area contributed by atoms with Crippen molar-refractivity contribution in [1.82, 2.24) is 5.32 Å². The molecule has 0 heterocycles. The molecule has 0 aliphatic rings. The minimum absolute atomic E-state index is 0.00968. The average Bonchev–Trinajstić information content (AvgIpc) is 2.35. The molecule has 0 aliphatic carbocycles. The van der Waals surface area contributed by atoms with Crippen molar-refractivity contribution in [1.29, 1.82) is 0 Å². The number of nitrogens with one attached hydrogen (secondary N) is 1. The Morgan fingerprint density at radius 3 is 2.53 bits per heavy atom. The largest absolute Gasteiger partial charge is 0.352 e. The van der Waals surface area contributed by atoms with Crippen molar-refractivity contribution < 1.29 is 4.79 Å². The summed E-state index contributed by atoms with van der Waals surface area (Å²) in [6.07, 6.45) is 2.00. The van der Waals surface area contributed by atoms with Gasteiger partial charge in [0.05, 0.1) is 0 Å². The van der Waals surface area contributed by atoms with Gasteiger partial charge in [-0.1, -0.05) is 32.0 Å². The van der Waals surface area contributed by atoms with Crippen LogP contribution in [0.5, 0.6) is 0 Å². The van der Waals surface area contributed by atoms with Gasteiger partial charge in [0.2, 0.25) is 0 Å². The van der Waals surface area contributed by atoms with E-state index in [0.717, 1.165) is 12.8 Å². The highest BCUT2D eigenvalue weighted by Gasteiger charge is 2.18. The molecule has 0 saturated heterocycles. The molecule has 0 aromatic heterocycles. The van der Waals surface area contributed by atoms with Gasteiger partial charge >= 0.3 is 0 Å². The zero-order valence-corrected chi connectivity index (χ0v) is 11.3. The average molecular weight is 254 g/mol. The van der Waals surface area contributed by atoms with Gasteiger partial charge in [-0.25, -0.2) is 0 Å². The van der Waals surface area contributed by atoms with Gasteiger partial charge in [0.1, 0.15) is 0 Å². The van der Waals surface area contributed by atoms with Gasteiger partial charge in [0.25, 0.3) is 5.91 Å². The van der Waals surface area contributed by atoms with Crippen LogP contribution >= 0.6 is 11.6 Å². The van der Waals surface area contributed by atoms with Crippen molar-refractivity contribution in [2.24, 2.45) is 5.41 Å². The molecule has 0 fully saturated rings. The van der Waals surface area contributed by atoms with Gasteiger partial charge in [-0.15, -0.1) is 11.6 Å². The van der Waals surface area contributed by atoms with E-state index in [1.54, 1.807) is 0 Å². The molecule has 0 saturated carbocycles. The third-order valence-electron chi connectivity index (χ3n) is 2.75. The zero-order chi connectivity index (χ0) is 12.7. The smallest absolute Gasteiger partial charge is 0.251 e. The van der Waals surface area contributed by atoms with Gasteiger partial charge in [0.15, 0.2) is 0 Å². The maximum atomic E-state index is 11.8. The molecule has 94 valence electrons. The Bertz CT molecular complexity index is 348. The van der Waals surface area contributed by atoms with Crippen LogP contribution < -0.4 is 5.32 Å². The molecular weight excluding hydrogens is 234 g/mol. The first kappa shape index (κ1) is 14.0. The van der Waals surface area contributed by atoms with Crippen molar-refractivity contribution in [3.8, 4) is 0 Å². The number of benzene rings is 1. The first-order valence-corrected chi connectivity index (χ1v) is 6.48. The molecule has 3 heteroatoms. The number of rotatable bonds is 6. The fourth-order valence-electron chi connectivity index (χ4n) is 1.64. The number of alkyl halides is 1. The second-order valence-corrected chi connectivity index (χ2v) is 5.38. The summed E-state index contributed by atoms with van der Waals surface area (Å²) < 4.78 is 0. The molecule has 17 heavy (non-hydrogen) atoms. The summed E-state index contributed by atoms with van der Waals surface area (Å²) in [7, 11) is 0. The van der Waals surface area contributed by atoms with E-state index in [-0.39, 0.29) is 11.3 Å². The second kappa shape index (κ2) is 6.65. The van der Waals surface area contributed by atoms with Crippen LogP contribution in [0.25, 0.3) is 0 Å². The molecule has 0 spiro atoms. The van der Waals surface area contributed by atoms with E-state index in [0.29, 0.717) is 18.0 Å². The van der Waals surface area contributed by atoms with Crippen LogP contribution in [0, 0.1) is 5.41 Å². The molecule has 0 atom stereocenters. The summed E-state index contributed by atoms with van der Waals surface area (Å²) in [6.45, 7) is 4.97. The minimum Gasteiger partial charge on any atom is -0.352 e. The van der Waals surface area contributed by atoms with Crippen molar-refractivity contribution in [2.75, 3.05) is 12.4 Å². The van der Waals surface area contributed by atoms with E-state index in [1.807, 2.05) is 30.3 Å². The summed E-state index contributed by atoms with van der Waals surface area (Å²) >= 11 is 5.68. The second-order valence-electron chi connectivity index (χ2n) is 5.01. The lowest BCUT2D eigenvalue weighted by molar-refractivity contribution is 0.0934. The van der Waals surface area contributed by atoms with Crippen molar-refractivity contribution in [2.45, 2.75) is 26.7 Å². The van der Waals surface area contributed by atoms with Gasteiger partial charge in [-0.05, 0) is 30.4 Å². The number of halogens is 1. The fourth-order valence-corrected chi connectivity index (χ4v) is 1.78. The van der Waals surface area contributed by atoms with Crippen LogP contribution in [0.1, 0.15) is 37.0 Å². The van der Waals surface area contributed by atoms with Crippen LogP contribution in [-0.4, -0.2) is 18.3 Å². The lowest BCUT2D eigenvalue weighted by Gasteiger charge is -2.24. The molecule has 1 aromatic rings. The Balaban J connectivity index is 2.43. The normalized spacial score (nSPS) is 11.2. The first-order valence-electron chi connectivity index (χ1n) is 5.94. The zero-order valence-electron chi connectivity index (χ0n) is 10.5. The van der Waals surface area contributed by atoms with E-state index < -0.39 is 0 Å². The standard InChI is InChI=1S/C14H20ClNO/c1-14(2,9-6-10-15)11-16-13(17)12-7-4-3-5-8-12/h3-5,7-8H,6,9-11H2,1-2H3,(H,16,17). The predicted octanol–water partition coefficient (Wildman–Crippen LogP) is 3.46. The Morgan fingerprint density at radius 2 is 1.94 bits per heavy atom. The van der Waals surface area contributed by atoms with Crippen LogP contribution in [0.4, 0.5) is 0 Å². The van der Waals surface area contributed by atoms with Crippen LogP contribution in [0.3, 0.4) is 0 Å². The summed E-state index contributed by atoms with van der Waals surface area (Å²) in [5.41, 5.74) is 0.805. The van der Waals surface area contributed by atoms with E-state index >= 15 is 0 Å². The number of carbonyl (C=O) groups excluding carboxylic acids is 1. The fraction of sp³-hybridized carbons (Fsp3) is 0.500. The highest BCUT2D eigenvalue weighted by molar-refractivity contribution is 6.17. The van der Waals surface area contributed by atoms with Crippen molar-refractivity contribution in [3.63, 3.8) is 0 Å². The Labute approximate surface area is 108 Å². The Morgan fingerprint density at radius 1 is 1.29 bits per heavy atom. The quantitative estimate of drug-likeness (QED) is 0.773. The monoisotopic (exact) mass is 253 g/mol. The maximum Gasteiger partial charge on any atom is 0.251 e. The van der Waals surface area contributed by atoms with Crippen LogP contribution in [-0.2, 0) is 0 Å². The summed E-state index contributed by atoms with van der Waals surface area (Å²) in [5.74, 6) is 0.667. The third kappa shape index (κ3) is 5.22. The summed E-state index contributed by atoms with van der Waals surface area (Å²) in [6, 6.07) is 9.28. The number of amides is 1. The molecule has 1 rings (SSSR count). The third-order valence-corrected chi connectivity index (χ3v) is 3.02. The molecule has 0 unspecified atom stereocenters. The van der Waals surface area contributed by atoms with E-state index in [1.165, 1.54) is 0 Å². The molecule has 2 nitrogen and oxygen atoms in total. The maximum absolute atomic E-state index is 11.8. The van der Waals surface area contributed by atoms with Crippen molar-refractivity contribution in [3.05, 3.63) is 35.9 Å². The molecule has 1 N–H and O–H groups in total. The lowest BCUT2D eigenvalue weighted by atomic mass is 9.88.